The topological polar surface area (TPSA) is 82.9 Å². The average Bonchev–Trinajstić information content (AvgIpc) is 2.82. The number of hydrogen-bond acceptors (Lipinski definition) is 6. The fourth-order valence-electron chi connectivity index (χ4n) is 4.89. The third-order valence-electron chi connectivity index (χ3n) is 6.82. The van der Waals surface area contributed by atoms with Crippen LogP contribution in [-0.2, 0) is 4.79 Å². The van der Waals surface area contributed by atoms with E-state index in [0.29, 0.717) is 22.8 Å². The van der Waals surface area contributed by atoms with Gasteiger partial charge in [-0.1, -0.05) is 24.9 Å². The van der Waals surface area contributed by atoms with Gasteiger partial charge in [0, 0.05) is 42.4 Å². The van der Waals surface area contributed by atoms with Crippen LogP contribution in [0.1, 0.15) is 57.1 Å². The van der Waals surface area contributed by atoms with Crippen LogP contribution in [0.2, 0.25) is 5.02 Å². The highest BCUT2D eigenvalue weighted by atomic mass is 35.5. The van der Waals surface area contributed by atoms with Gasteiger partial charge < -0.3 is 19.8 Å². The number of aliphatic hydroxyl groups is 1. The number of nitrogens with zero attached hydrogens (tertiary/aromatic N) is 2. The predicted molar refractivity (Wildman–Crippen MR) is 140 cm³/mol. The molecule has 1 aliphatic heterocycles. The summed E-state index contributed by atoms with van der Waals surface area (Å²) >= 11 is 8.45. The monoisotopic (exact) mass is 508 g/mol. The lowest BCUT2D eigenvalue weighted by Gasteiger charge is -2.38. The summed E-state index contributed by atoms with van der Waals surface area (Å²) in [6.45, 7) is 5.03. The molecule has 6 nitrogen and oxygen atoms in total. The maximum absolute atomic E-state index is 11.6. The van der Waals surface area contributed by atoms with E-state index in [9.17, 15) is 15.0 Å². The van der Waals surface area contributed by atoms with Gasteiger partial charge in [-0.2, -0.15) is 11.8 Å². The molecule has 1 fully saturated rings. The highest BCUT2D eigenvalue weighted by Crippen LogP contribution is 2.37. The Bertz CT molecular complexity index is 944. The van der Waals surface area contributed by atoms with Crippen LogP contribution in [0.25, 0.3) is 10.9 Å². The molecule has 2 aromatic rings. The Balaban J connectivity index is 1.63. The second-order valence-corrected chi connectivity index (χ2v) is 10.8. The van der Waals surface area contributed by atoms with Crippen LogP contribution >= 0.6 is 23.4 Å². The number of benzene rings is 1. The van der Waals surface area contributed by atoms with Crippen molar-refractivity contribution in [3.8, 4) is 5.75 Å². The number of hydrogen-bond donors (Lipinski definition) is 2. The van der Waals surface area contributed by atoms with E-state index >= 15 is 0 Å². The number of carbonyl (C=O) groups is 1. The number of aromatic nitrogens is 1. The second-order valence-electron chi connectivity index (χ2n) is 9.17. The van der Waals surface area contributed by atoms with Crippen molar-refractivity contribution in [2.45, 2.75) is 51.6 Å². The molecular weight excluding hydrogens is 472 g/mol. The molecule has 1 aliphatic rings. The number of aliphatic hydroxyl groups excluding tert-OH is 1. The number of ether oxygens (including phenoxy) is 1. The normalized spacial score (nSPS) is 19.9. The first kappa shape index (κ1) is 27.1. The van der Waals surface area contributed by atoms with Gasteiger partial charge in [-0.25, -0.2) is 0 Å². The minimum atomic E-state index is -0.747. The van der Waals surface area contributed by atoms with Crippen molar-refractivity contribution in [1.29, 1.82) is 0 Å². The van der Waals surface area contributed by atoms with Gasteiger partial charge in [-0.3, -0.25) is 9.78 Å². The van der Waals surface area contributed by atoms with E-state index in [1.165, 1.54) is 18.6 Å². The molecule has 1 aromatic carbocycles. The molecule has 34 heavy (non-hydrogen) atoms. The molecule has 3 rings (SSSR count). The van der Waals surface area contributed by atoms with Crippen molar-refractivity contribution < 1.29 is 19.7 Å². The molecule has 0 aliphatic carbocycles. The van der Waals surface area contributed by atoms with Crippen molar-refractivity contribution in [1.82, 2.24) is 9.88 Å². The van der Waals surface area contributed by atoms with Crippen molar-refractivity contribution in [3.05, 3.63) is 35.0 Å². The Labute approximate surface area is 212 Å². The summed E-state index contributed by atoms with van der Waals surface area (Å²) in [6.07, 6.45) is 5.74. The number of aliphatic carboxylic acids is 1. The first-order valence-electron chi connectivity index (χ1n) is 12.2. The predicted octanol–water partition coefficient (Wildman–Crippen LogP) is 5.66. The fraction of sp³-hybridized carbons (Fsp3) is 0.615. The van der Waals surface area contributed by atoms with Gasteiger partial charge in [-0.05, 0) is 68.0 Å². The van der Waals surface area contributed by atoms with E-state index in [1.807, 2.05) is 30.0 Å². The number of piperidine rings is 1. The van der Waals surface area contributed by atoms with Crippen molar-refractivity contribution in [2.75, 3.05) is 38.2 Å². The SMILES string of the molecule is CCCCSCCN1CC[C@@H](CC[C@H](O)c2c(Cl)cnc3ccc(OC)cc23)[C@@H](CC(=O)O)C1. The second kappa shape index (κ2) is 13.5. The number of carboxylic acids is 1. The quantitative estimate of drug-likeness (QED) is 0.338. The van der Waals surface area contributed by atoms with E-state index in [1.54, 1.807) is 13.3 Å². The molecule has 0 bridgehead atoms. The lowest BCUT2D eigenvalue weighted by Crippen LogP contribution is -2.42. The molecule has 0 saturated carbocycles. The molecule has 2 heterocycles. The van der Waals surface area contributed by atoms with Gasteiger partial charge in [0.15, 0.2) is 0 Å². The first-order valence-corrected chi connectivity index (χ1v) is 13.8. The zero-order chi connectivity index (χ0) is 24.5. The smallest absolute Gasteiger partial charge is 0.303 e. The van der Waals surface area contributed by atoms with E-state index in [2.05, 4.69) is 16.8 Å². The molecule has 3 atom stereocenters. The highest BCUT2D eigenvalue weighted by molar-refractivity contribution is 7.99. The van der Waals surface area contributed by atoms with Crippen LogP contribution in [0.3, 0.4) is 0 Å². The number of fused-ring (bicyclic) bond motifs is 1. The molecule has 2 N–H and O–H groups in total. The zero-order valence-electron chi connectivity index (χ0n) is 20.2. The average molecular weight is 509 g/mol. The van der Waals surface area contributed by atoms with Gasteiger partial charge in [0.05, 0.1) is 23.8 Å². The molecule has 8 heteroatoms. The Morgan fingerprint density at radius 1 is 1.35 bits per heavy atom. The van der Waals surface area contributed by atoms with E-state index < -0.39 is 12.1 Å². The Morgan fingerprint density at radius 3 is 2.91 bits per heavy atom. The number of rotatable bonds is 13. The van der Waals surface area contributed by atoms with Crippen molar-refractivity contribution >= 4 is 40.2 Å². The number of likely N-dealkylation sites (tertiary alicyclic amines) is 1. The number of pyridine rings is 1. The molecule has 188 valence electrons. The molecule has 0 spiro atoms. The zero-order valence-corrected chi connectivity index (χ0v) is 21.8. The summed E-state index contributed by atoms with van der Waals surface area (Å²) in [4.78, 5) is 18.3. The number of methoxy groups -OCH3 is 1. The molecular formula is C26H37ClN2O4S. The summed E-state index contributed by atoms with van der Waals surface area (Å²) in [7, 11) is 1.61. The third-order valence-corrected chi connectivity index (χ3v) is 8.17. The maximum Gasteiger partial charge on any atom is 0.303 e. The van der Waals surface area contributed by atoms with Gasteiger partial charge in [-0.15, -0.1) is 0 Å². The first-order chi connectivity index (χ1) is 16.4. The van der Waals surface area contributed by atoms with Crippen molar-refractivity contribution in [3.63, 3.8) is 0 Å². The van der Waals surface area contributed by atoms with Crippen molar-refractivity contribution in [2.24, 2.45) is 11.8 Å². The molecule has 0 radical (unpaired) electrons. The van der Waals surface area contributed by atoms with Gasteiger partial charge >= 0.3 is 5.97 Å². The van der Waals surface area contributed by atoms with E-state index in [0.717, 1.165) is 49.1 Å². The minimum Gasteiger partial charge on any atom is -0.497 e. The number of unbranched alkanes of at least 4 members (excludes halogenated alkanes) is 1. The van der Waals surface area contributed by atoms with Crippen LogP contribution in [0, 0.1) is 11.8 Å². The summed E-state index contributed by atoms with van der Waals surface area (Å²) in [6, 6.07) is 5.56. The summed E-state index contributed by atoms with van der Waals surface area (Å²) in [5.41, 5.74) is 1.43. The van der Waals surface area contributed by atoms with Crippen LogP contribution in [-0.4, -0.2) is 64.3 Å². The Kier molecular flexibility index (Phi) is 10.8. The molecule has 1 aromatic heterocycles. The lowest BCUT2D eigenvalue weighted by atomic mass is 9.79. The standard InChI is InChI=1S/C26H37ClN2O4S/c1-3-4-12-34-13-11-29-10-9-18(19(17-29)14-25(31)32)5-8-24(30)26-21-15-20(33-2)6-7-23(21)28-16-22(26)27/h6-7,15-16,18-19,24,30H,3-5,8-14,17H2,1-2H3,(H,31,32)/t18-,19+,24+/m1/s1. The largest absolute Gasteiger partial charge is 0.497 e. The molecule has 1 saturated heterocycles. The number of carboxylic acid groups (broad SMARTS) is 1. The highest BCUT2D eigenvalue weighted by Gasteiger charge is 2.31. The van der Waals surface area contributed by atoms with Crippen LogP contribution < -0.4 is 4.74 Å². The number of thioether (sulfide) groups is 1. The summed E-state index contributed by atoms with van der Waals surface area (Å²) in [5, 5.41) is 21.8. The van der Waals surface area contributed by atoms with E-state index in [4.69, 9.17) is 16.3 Å². The molecule has 0 unspecified atom stereocenters. The van der Waals surface area contributed by atoms with Crippen LogP contribution in [0.15, 0.2) is 24.4 Å². The van der Waals surface area contributed by atoms with Crippen LogP contribution in [0.4, 0.5) is 0 Å². The summed E-state index contributed by atoms with van der Waals surface area (Å²) < 4.78 is 5.35. The lowest BCUT2D eigenvalue weighted by molar-refractivity contribution is -0.139. The maximum atomic E-state index is 11.6. The third kappa shape index (κ3) is 7.48. The van der Waals surface area contributed by atoms with Gasteiger partial charge in [0.25, 0.3) is 0 Å². The Hall–Kier alpha value is -1.54. The van der Waals surface area contributed by atoms with Gasteiger partial charge in [0.1, 0.15) is 5.75 Å². The summed E-state index contributed by atoms with van der Waals surface area (Å²) in [5.74, 6) is 2.61. The minimum absolute atomic E-state index is 0.101. The van der Waals surface area contributed by atoms with Crippen LogP contribution in [0.5, 0.6) is 5.75 Å². The van der Waals surface area contributed by atoms with Gasteiger partial charge in [0.2, 0.25) is 0 Å². The molecule has 0 amide bonds. The Morgan fingerprint density at radius 2 is 2.18 bits per heavy atom. The fourth-order valence-corrected chi connectivity index (χ4v) is 6.25. The number of halogens is 1. The van der Waals surface area contributed by atoms with E-state index in [-0.39, 0.29) is 18.3 Å².